The maximum absolute atomic E-state index is 10.2. The van der Waals surface area contributed by atoms with E-state index < -0.39 is 0 Å². The summed E-state index contributed by atoms with van der Waals surface area (Å²) in [7, 11) is 0. The second-order valence-corrected chi connectivity index (χ2v) is 5.23. The van der Waals surface area contributed by atoms with Crippen LogP contribution in [0.3, 0.4) is 0 Å². The number of phenolic OH excluding ortho intramolecular Hbond substituents is 2. The average Bonchev–Trinajstić information content (AvgIpc) is 2.91. The largest absolute Gasteiger partial charge is 0.504 e. The lowest BCUT2D eigenvalue weighted by molar-refractivity contribution is 0.264. The van der Waals surface area contributed by atoms with Crippen LogP contribution in [0.15, 0.2) is 24.7 Å². The number of ether oxygens (including phenoxy) is 1. The van der Waals surface area contributed by atoms with Gasteiger partial charge in [-0.05, 0) is 12.0 Å². The lowest BCUT2D eigenvalue weighted by Crippen LogP contribution is -2.08. The molecule has 1 heterocycles. The van der Waals surface area contributed by atoms with Gasteiger partial charge in [-0.25, -0.2) is 4.98 Å². The third-order valence-corrected chi connectivity index (χ3v) is 3.29. The molecular weight excluding hydrogens is 256 g/mol. The average molecular weight is 276 g/mol. The van der Waals surface area contributed by atoms with Gasteiger partial charge >= 0.3 is 0 Å². The lowest BCUT2D eigenvalue weighted by Gasteiger charge is -2.16. The van der Waals surface area contributed by atoms with Gasteiger partial charge in [0.05, 0.1) is 12.9 Å². The first kappa shape index (κ1) is 14.2. The zero-order valence-electron chi connectivity index (χ0n) is 11.9. The third kappa shape index (κ3) is 2.87. The van der Waals surface area contributed by atoms with E-state index in [0.717, 1.165) is 11.3 Å². The van der Waals surface area contributed by atoms with Gasteiger partial charge in [-0.1, -0.05) is 26.8 Å². The first-order valence-corrected chi connectivity index (χ1v) is 6.66. The molecule has 0 fully saturated rings. The van der Waals surface area contributed by atoms with Crippen LogP contribution in [0.2, 0.25) is 0 Å². The van der Waals surface area contributed by atoms with Crippen molar-refractivity contribution in [2.45, 2.75) is 32.6 Å². The van der Waals surface area contributed by atoms with Crippen molar-refractivity contribution < 1.29 is 14.9 Å². The Morgan fingerprint density at radius 2 is 2.00 bits per heavy atom. The number of hydrogen-bond acceptors (Lipinski definition) is 4. The van der Waals surface area contributed by atoms with Crippen molar-refractivity contribution in [1.82, 2.24) is 9.97 Å². The molecule has 0 saturated carbocycles. The van der Waals surface area contributed by atoms with E-state index in [1.807, 2.05) is 20.8 Å². The Hall–Kier alpha value is -2.17. The molecule has 2 rings (SSSR count). The minimum absolute atomic E-state index is 0.0109. The Kier molecular flexibility index (Phi) is 4.17. The minimum Gasteiger partial charge on any atom is -0.504 e. The van der Waals surface area contributed by atoms with Crippen LogP contribution in [0, 0.1) is 0 Å². The first-order valence-electron chi connectivity index (χ1n) is 6.66. The van der Waals surface area contributed by atoms with Crippen molar-refractivity contribution in [3.63, 3.8) is 0 Å². The van der Waals surface area contributed by atoms with E-state index in [2.05, 4.69) is 9.97 Å². The highest BCUT2D eigenvalue weighted by atomic mass is 16.5. The number of aromatic nitrogens is 2. The van der Waals surface area contributed by atoms with Gasteiger partial charge in [0.25, 0.3) is 0 Å². The molecule has 0 amide bonds. The summed E-state index contributed by atoms with van der Waals surface area (Å²) in [5.74, 6) is 0.338. The summed E-state index contributed by atoms with van der Waals surface area (Å²) < 4.78 is 5.60. The maximum Gasteiger partial charge on any atom is 0.203 e. The number of H-pyrrole nitrogens is 1. The zero-order chi connectivity index (χ0) is 14.7. The van der Waals surface area contributed by atoms with E-state index in [1.54, 1.807) is 24.7 Å². The molecule has 0 radical (unpaired) electrons. The molecule has 0 aliphatic rings. The zero-order valence-corrected chi connectivity index (χ0v) is 11.9. The highest BCUT2D eigenvalue weighted by molar-refractivity contribution is 5.55. The Labute approximate surface area is 118 Å². The molecule has 0 aliphatic heterocycles. The second kappa shape index (κ2) is 5.86. The molecular formula is C15H20N2O3. The number of phenols is 2. The summed E-state index contributed by atoms with van der Waals surface area (Å²) >= 11 is 0. The highest BCUT2D eigenvalue weighted by Gasteiger charge is 2.17. The summed E-state index contributed by atoms with van der Waals surface area (Å²) in [5, 5.41) is 20.0. The highest BCUT2D eigenvalue weighted by Crippen LogP contribution is 2.41. The Morgan fingerprint density at radius 3 is 2.60 bits per heavy atom. The van der Waals surface area contributed by atoms with E-state index in [-0.39, 0.29) is 29.1 Å². The van der Waals surface area contributed by atoms with Crippen molar-refractivity contribution in [1.29, 1.82) is 0 Å². The molecule has 2 aromatic rings. The van der Waals surface area contributed by atoms with Crippen LogP contribution in [-0.4, -0.2) is 26.8 Å². The maximum atomic E-state index is 10.2. The number of benzene rings is 1. The van der Waals surface area contributed by atoms with Gasteiger partial charge < -0.3 is 19.9 Å². The fourth-order valence-corrected chi connectivity index (χ4v) is 2.02. The molecule has 20 heavy (non-hydrogen) atoms. The number of imidazole rings is 1. The quantitative estimate of drug-likeness (QED) is 0.784. The molecule has 5 heteroatoms. The van der Waals surface area contributed by atoms with Crippen LogP contribution < -0.4 is 4.74 Å². The lowest BCUT2D eigenvalue weighted by atomic mass is 10.0. The van der Waals surface area contributed by atoms with Gasteiger partial charge in [-0.3, -0.25) is 0 Å². The monoisotopic (exact) mass is 276 g/mol. The Bertz CT molecular complexity index is 565. The molecule has 1 aromatic carbocycles. The molecule has 1 unspecified atom stereocenters. The first-order chi connectivity index (χ1) is 9.50. The van der Waals surface area contributed by atoms with Gasteiger partial charge in [0.1, 0.15) is 0 Å². The van der Waals surface area contributed by atoms with E-state index in [1.165, 1.54) is 0 Å². The molecule has 108 valence electrons. The van der Waals surface area contributed by atoms with E-state index in [9.17, 15) is 10.2 Å². The predicted molar refractivity (Wildman–Crippen MR) is 76.4 cm³/mol. The molecule has 3 N–H and O–H groups in total. The smallest absolute Gasteiger partial charge is 0.203 e. The summed E-state index contributed by atoms with van der Waals surface area (Å²) in [5.41, 5.74) is 1.70. The second-order valence-electron chi connectivity index (χ2n) is 5.23. The van der Waals surface area contributed by atoms with Crippen LogP contribution >= 0.6 is 0 Å². The number of aromatic amines is 1. The number of hydrogen-bond donors (Lipinski definition) is 3. The molecule has 1 aromatic heterocycles. The van der Waals surface area contributed by atoms with E-state index in [0.29, 0.717) is 6.61 Å². The number of nitrogens with zero attached hydrogens (tertiary/aromatic N) is 1. The van der Waals surface area contributed by atoms with Crippen molar-refractivity contribution >= 4 is 0 Å². The van der Waals surface area contributed by atoms with Crippen molar-refractivity contribution in [2.24, 2.45) is 0 Å². The molecule has 1 atom stereocenters. The number of aromatic hydroxyl groups is 2. The van der Waals surface area contributed by atoms with Gasteiger partial charge in [0.15, 0.2) is 11.5 Å². The van der Waals surface area contributed by atoms with Crippen molar-refractivity contribution in [2.75, 3.05) is 6.61 Å². The van der Waals surface area contributed by atoms with Crippen LogP contribution in [0.4, 0.5) is 0 Å². The Morgan fingerprint density at radius 1 is 1.25 bits per heavy atom. The van der Waals surface area contributed by atoms with E-state index in [4.69, 9.17) is 4.74 Å². The standard InChI is InChI=1S/C15H20N2O3/c1-9(2)11-4-5-13(18)15(14(11)19)20-7-10(3)12-6-16-8-17-12/h4-6,8-10,18-19H,7H2,1-3H3,(H,16,17). The summed E-state index contributed by atoms with van der Waals surface area (Å²) in [6, 6.07) is 3.26. The molecule has 0 aliphatic carbocycles. The van der Waals surface area contributed by atoms with Crippen molar-refractivity contribution in [3.05, 3.63) is 35.9 Å². The topological polar surface area (TPSA) is 78.4 Å². The molecule has 5 nitrogen and oxygen atoms in total. The summed E-state index contributed by atoms with van der Waals surface area (Å²) in [6.45, 7) is 6.27. The fraction of sp³-hybridized carbons (Fsp3) is 0.400. The summed E-state index contributed by atoms with van der Waals surface area (Å²) in [6.07, 6.45) is 3.35. The third-order valence-electron chi connectivity index (χ3n) is 3.29. The number of rotatable bonds is 5. The van der Waals surface area contributed by atoms with Crippen LogP contribution in [0.25, 0.3) is 0 Å². The summed E-state index contributed by atoms with van der Waals surface area (Å²) in [4.78, 5) is 6.98. The predicted octanol–water partition coefficient (Wildman–Crippen LogP) is 3.13. The SMILES string of the molecule is CC(C)c1ccc(O)c(OCC(C)c2cnc[nH]2)c1O. The van der Waals surface area contributed by atoms with Crippen molar-refractivity contribution in [3.8, 4) is 17.2 Å². The normalized spacial score (nSPS) is 12.6. The van der Waals surface area contributed by atoms with Crippen LogP contribution in [0.1, 0.15) is 43.9 Å². The van der Waals surface area contributed by atoms with Gasteiger partial charge in [0, 0.05) is 23.4 Å². The molecule has 0 bridgehead atoms. The molecule has 0 saturated heterocycles. The van der Waals surface area contributed by atoms with Gasteiger partial charge in [0.2, 0.25) is 5.75 Å². The molecule has 0 spiro atoms. The van der Waals surface area contributed by atoms with Gasteiger partial charge in [-0.2, -0.15) is 0 Å². The minimum atomic E-state index is -0.0521. The van der Waals surface area contributed by atoms with Crippen LogP contribution in [-0.2, 0) is 0 Å². The fourth-order valence-electron chi connectivity index (χ4n) is 2.02. The Balaban J connectivity index is 2.15. The number of nitrogens with one attached hydrogen (secondary N) is 1. The van der Waals surface area contributed by atoms with E-state index >= 15 is 0 Å². The van der Waals surface area contributed by atoms with Crippen LogP contribution in [0.5, 0.6) is 17.2 Å². The van der Waals surface area contributed by atoms with Gasteiger partial charge in [-0.15, -0.1) is 0 Å².